The third-order valence-corrected chi connectivity index (χ3v) is 6.09. The predicted octanol–water partition coefficient (Wildman–Crippen LogP) is 3.53. The Morgan fingerprint density at radius 3 is 2.63 bits per heavy atom. The van der Waals surface area contributed by atoms with Crippen molar-refractivity contribution in [3.8, 4) is 0 Å². The van der Waals surface area contributed by atoms with Gasteiger partial charge in [0.15, 0.2) is 0 Å². The molecule has 4 rings (SSSR count). The van der Waals surface area contributed by atoms with Crippen LogP contribution in [0.2, 0.25) is 0 Å². The molecule has 1 fully saturated rings. The lowest BCUT2D eigenvalue weighted by Gasteiger charge is -2.33. The van der Waals surface area contributed by atoms with Crippen molar-refractivity contribution in [1.29, 1.82) is 0 Å². The molecule has 1 aliphatic carbocycles. The van der Waals surface area contributed by atoms with E-state index in [0.717, 1.165) is 5.56 Å². The minimum atomic E-state index is -0.334. The van der Waals surface area contributed by atoms with E-state index in [1.165, 1.54) is 48.7 Å². The van der Waals surface area contributed by atoms with Crippen molar-refractivity contribution in [2.24, 2.45) is 7.05 Å². The fourth-order valence-electron chi connectivity index (χ4n) is 4.26. The van der Waals surface area contributed by atoms with Gasteiger partial charge in [0.05, 0.1) is 5.56 Å². The Bertz CT molecular complexity index is 1110. The number of anilines is 1. The lowest BCUT2D eigenvalue weighted by atomic mass is 9.94. The summed E-state index contributed by atoms with van der Waals surface area (Å²) in [5, 5.41) is 3.13. The van der Waals surface area contributed by atoms with Gasteiger partial charge in [-0.2, -0.15) is 0 Å². The van der Waals surface area contributed by atoms with Crippen molar-refractivity contribution in [3.63, 3.8) is 0 Å². The molecule has 1 aliphatic rings. The van der Waals surface area contributed by atoms with Gasteiger partial charge in [-0.1, -0.05) is 31.4 Å². The Balaban J connectivity index is 1.46. The molecule has 2 aromatic heterocycles. The predicted molar refractivity (Wildman–Crippen MR) is 117 cm³/mol. The highest BCUT2D eigenvalue weighted by Gasteiger charge is 2.22. The van der Waals surface area contributed by atoms with Gasteiger partial charge in [0.25, 0.3) is 11.5 Å². The van der Waals surface area contributed by atoms with Crippen molar-refractivity contribution in [1.82, 2.24) is 14.9 Å². The van der Waals surface area contributed by atoms with Crippen LogP contribution in [-0.4, -0.2) is 28.5 Å². The number of fused-ring (bicyclic) bond motifs is 1. The van der Waals surface area contributed by atoms with Crippen LogP contribution < -0.4 is 15.8 Å². The van der Waals surface area contributed by atoms with Crippen LogP contribution in [0.5, 0.6) is 0 Å². The molecule has 0 atom stereocenters. The standard InChI is InChI=1S/C23H28N4O3/c1-15-19(20-22(30-15)25-14-26(2)23(20)29)21(28)24-13-16-9-11-18(12-10-16)27(3)17-7-5-4-6-8-17/h9-12,14,17H,4-8,13H2,1-3H3,(H,24,28). The summed E-state index contributed by atoms with van der Waals surface area (Å²) in [6.07, 6.45) is 7.85. The Hall–Kier alpha value is -3.09. The molecule has 2 heterocycles. The number of nitrogens with zero attached hydrogens (tertiary/aromatic N) is 3. The molecule has 1 saturated carbocycles. The smallest absolute Gasteiger partial charge is 0.265 e. The topological polar surface area (TPSA) is 80.4 Å². The Labute approximate surface area is 175 Å². The van der Waals surface area contributed by atoms with E-state index >= 15 is 0 Å². The largest absolute Gasteiger partial charge is 0.442 e. The molecule has 0 bridgehead atoms. The van der Waals surface area contributed by atoms with Gasteiger partial charge in [0.2, 0.25) is 5.71 Å². The van der Waals surface area contributed by atoms with E-state index < -0.39 is 0 Å². The zero-order valence-electron chi connectivity index (χ0n) is 17.8. The quantitative estimate of drug-likeness (QED) is 0.699. The zero-order chi connectivity index (χ0) is 21.3. The molecule has 0 radical (unpaired) electrons. The van der Waals surface area contributed by atoms with Crippen molar-refractivity contribution >= 4 is 22.7 Å². The summed E-state index contributed by atoms with van der Waals surface area (Å²) in [5.41, 5.74) is 2.35. The summed E-state index contributed by atoms with van der Waals surface area (Å²) in [4.78, 5) is 31.7. The maximum absolute atomic E-state index is 12.8. The number of carbonyl (C=O) groups is 1. The molecule has 7 heteroatoms. The van der Waals surface area contributed by atoms with E-state index in [1.807, 2.05) is 12.1 Å². The molecule has 1 aromatic carbocycles. The van der Waals surface area contributed by atoms with Crippen molar-refractivity contribution < 1.29 is 9.21 Å². The molecule has 0 saturated heterocycles. The molecule has 0 spiro atoms. The second-order valence-corrected chi connectivity index (χ2v) is 8.13. The van der Waals surface area contributed by atoms with E-state index in [1.54, 1.807) is 14.0 Å². The highest BCUT2D eigenvalue weighted by Crippen LogP contribution is 2.26. The third-order valence-electron chi connectivity index (χ3n) is 6.09. The van der Waals surface area contributed by atoms with Gasteiger partial charge >= 0.3 is 0 Å². The lowest BCUT2D eigenvalue weighted by Crippen LogP contribution is -2.33. The van der Waals surface area contributed by atoms with Gasteiger partial charge < -0.3 is 19.2 Å². The van der Waals surface area contributed by atoms with Gasteiger partial charge in [-0.15, -0.1) is 0 Å². The molecular formula is C23H28N4O3. The molecule has 0 aliphatic heterocycles. The molecule has 1 amide bonds. The Kier molecular flexibility index (Phi) is 5.61. The summed E-state index contributed by atoms with van der Waals surface area (Å²) >= 11 is 0. The van der Waals surface area contributed by atoms with Crippen LogP contribution in [0.25, 0.3) is 11.1 Å². The van der Waals surface area contributed by atoms with E-state index in [-0.39, 0.29) is 28.1 Å². The van der Waals surface area contributed by atoms with Crippen LogP contribution in [0.3, 0.4) is 0 Å². The molecular weight excluding hydrogens is 380 g/mol. The van der Waals surface area contributed by atoms with Crippen LogP contribution in [0.4, 0.5) is 5.69 Å². The number of amides is 1. The maximum atomic E-state index is 12.8. The summed E-state index contributed by atoms with van der Waals surface area (Å²) in [6, 6.07) is 8.90. The lowest BCUT2D eigenvalue weighted by molar-refractivity contribution is 0.0950. The number of benzene rings is 1. The molecule has 7 nitrogen and oxygen atoms in total. The minimum absolute atomic E-state index is 0.191. The van der Waals surface area contributed by atoms with Crippen molar-refractivity contribution in [3.05, 3.63) is 57.8 Å². The SMILES string of the molecule is Cc1oc2ncn(C)c(=O)c2c1C(=O)NCc1ccc(N(C)C2CCCCC2)cc1. The van der Waals surface area contributed by atoms with Gasteiger partial charge in [0, 0.05) is 32.4 Å². The molecule has 158 valence electrons. The fourth-order valence-corrected chi connectivity index (χ4v) is 4.26. The van der Waals surface area contributed by atoms with Crippen LogP contribution >= 0.6 is 0 Å². The first-order valence-electron chi connectivity index (χ1n) is 10.5. The molecule has 0 unspecified atom stereocenters. The zero-order valence-corrected chi connectivity index (χ0v) is 17.8. The maximum Gasteiger partial charge on any atom is 0.265 e. The Morgan fingerprint density at radius 2 is 1.93 bits per heavy atom. The van der Waals surface area contributed by atoms with Gasteiger partial charge in [-0.3, -0.25) is 9.59 Å². The number of nitrogens with one attached hydrogen (secondary N) is 1. The fraction of sp³-hybridized carbons (Fsp3) is 0.435. The van der Waals surface area contributed by atoms with Crippen LogP contribution in [-0.2, 0) is 13.6 Å². The number of furan rings is 1. The van der Waals surface area contributed by atoms with Gasteiger partial charge in [-0.25, -0.2) is 4.98 Å². The summed E-state index contributed by atoms with van der Waals surface area (Å²) in [5.74, 6) is 0.0579. The van der Waals surface area contributed by atoms with E-state index in [0.29, 0.717) is 18.3 Å². The Morgan fingerprint density at radius 1 is 1.23 bits per heavy atom. The monoisotopic (exact) mass is 408 g/mol. The van der Waals surface area contributed by atoms with Crippen LogP contribution in [0.15, 0.2) is 39.8 Å². The number of aromatic nitrogens is 2. The molecule has 1 N–H and O–H groups in total. The van der Waals surface area contributed by atoms with E-state index in [2.05, 4.69) is 34.4 Å². The summed E-state index contributed by atoms with van der Waals surface area (Å²) < 4.78 is 6.86. The van der Waals surface area contributed by atoms with Crippen molar-refractivity contribution in [2.75, 3.05) is 11.9 Å². The highest BCUT2D eigenvalue weighted by molar-refractivity contribution is 6.06. The summed E-state index contributed by atoms with van der Waals surface area (Å²) in [6.45, 7) is 2.05. The second kappa shape index (κ2) is 8.34. The normalized spacial score (nSPS) is 14.8. The number of carbonyl (C=O) groups excluding carboxylic acids is 1. The number of hydrogen-bond donors (Lipinski definition) is 1. The van der Waals surface area contributed by atoms with Gasteiger partial charge in [0.1, 0.15) is 17.5 Å². The summed E-state index contributed by atoms with van der Waals surface area (Å²) in [7, 11) is 3.76. The first-order chi connectivity index (χ1) is 14.5. The third kappa shape index (κ3) is 3.84. The van der Waals surface area contributed by atoms with Crippen molar-refractivity contribution in [2.45, 2.75) is 51.6 Å². The van der Waals surface area contributed by atoms with Crippen LogP contribution in [0, 0.1) is 6.92 Å². The first kappa shape index (κ1) is 20.2. The highest BCUT2D eigenvalue weighted by atomic mass is 16.3. The minimum Gasteiger partial charge on any atom is -0.442 e. The van der Waals surface area contributed by atoms with Crippen LogP contribution in [0.1, 0.15) is 53.8 Å². The number of rotatable bonds is 5. The molecule has 3 aromatic rings. The average Bonchev–Trinajstić information content (AvgIpc) is 3.12. The number of aryl methyl sites for hydroxylation is 2. The van der Waals surface area contributed by atoms with Gasteiger partial charge in [-0.05, 0) is 37.5 Å². The second-order valence-electron chi connectivity index (χ2n) is 8.13. The van der Waals surface area contributed by atoms with E-state index in [9.17, 15) is 9.59 Å². The van der Waals surface area contributed by atoms with E-state index in [4.69, 9.17) is 4.42 Å². The number of hydrogen-bond acceptors (Lipinski definition) is 5. The molecule has 30 heavy (non-hydrogen) atoms. The first-order valence-corrected chi connectivity index (χ1v) is 10.5. The average molecular weight is 409 g/mol.